The van der Waals surface area contributed by atoms with Crippen molar-refractivity contribution < 1.29 is 28.6 Å². The lowest BCUT2D eigenvalue weighted by atomic mass is 10.1. The van der Waals surface area contributed by atoms with Gasteiger partial charge in [0.05, 0.1) is 0 Å². The quantitative estimate of drug-likeness (QED) is 0.0202. The lowest BCUT2D eigenvalue weighted by Crippen LogP contribution is -2.30. The fourth-order valence-electron chi connectivity index (χ4n) is 5.55. The van der Waals surface area contributed by atoms with Crippen molar-refractivity contribution in [3.63, 3.8) is 0 Å². The van der Waals surface area contributed by atoms with E-state index in [1.165, 1.54) is 6.42 Å². The lowest BCUT2D eigenvalue weighted by molar-refractivity contribution is -0.167. The number of unbranched alkanes of at least 4 members (excludes halogenated alkanes) is 11. The van der Waals surface area contributed by atoms with E-state index in [2.05, 4.69) is 93.7 Å². The Labute approximate surface area is 372 Å². The van der Waals surface area contributed by atoms with E-state index in [-0.39, 0.29) is 44.0 Å². The fourth-order valence-corrected chi connectivity index (χ4v) is 5.55. The molecule has 0 heterocycles. The largest absolute Gasteiger partial charge is 0.462 e. The van der Waals surface area contributed by atoms with Gasteiger partial charge in [0.25, 0.3) is 0 Å². The summed E-state index contributed by atoms with van der Waals surface area (Å²) in [6.07, 6.45) is 68.3. The summed E-state index contributed by atoms with van der Waals surface area (Å²) in [6.45, 7) is 6.16. The maximum absolute atomic E-state index is 12.7. The number of rotatable bonds is 39. The van der Waals surface area contributed by atoms with Crippen molar-refractivity contribution in [3.8, 4) is 0 Å². The number of hydrogen-bond acceptors (Lipinski definition) is 6. The molecule has 1 unspecified atom stereocenters. The molecule has 61 heavy (non-hydrogen) atoms. The second kappa shape index (κ2) is 48.0. The summed E-state index contributed by atoms with van der Waals surface area (Å²) in [5, 5.41) is 0. The van der Waals surface area contributed by atoms with Crippen LogP contribution in [0.1, 0.15) is 162 Å². The molecule has 1 atom stereocenters. The Bertz CT molecular complexity index is 1430. The van der Waals surface area contributed by atoms with E-state index in [1.54, 1.807) is 0 Å². The van der Waals surface area contributed by atoms with Crippen LogP contribution in [-0.4, -0.2) is 37.2 Å². The number of carbonyl (C=O) groups excluding carboxylic acids is 3. The van der Waals surface area contributed by atoms with Crippen molar-refractivity contribution in [2.45, 2.75) is 168 Å². The predicted molar refractivity (Wildman–Crippen MR) is 260 cm³/mol. The first-order valence-corrected chi connectivity index (χ1v) is 23.5. The molecule has 6 heteroatoms. The summed E-state index contributed by atoms with van der Waals surface area (Å²) in [4.78, 5) is 37.8. The third kappa shape index (κ3) is 46.2. The summed E-state index contributed by atoms with van der Waals surface area (Å²) < 4.78 is 16.6. The normalized spacial score (nSPS) is 13.4. The molecule has 0 bridgehead atoms. The number of allylic oxidation sites excluding steroid dienone is 24. The van der Waals surface area contributed by atoms with Gasteiger partial charge >= 0.3 is 17.9 Å². The Morgan fingerprint density at radius 2 is 0.721 bits per heavy atom. The van der Waals surface area contributed by atoms with E-state index < -0.39 is 6.10 Å². The first kappa shape index (κ1) is 56.3. The monoisotopic (exact) mass is 839 g/mol. The van der Waals surface area contributed by atoms with E-state index >= 15 is 0 Å². The Kier molecular flexibility index (Phi) is 44.3. The molecule has 0 aromatic rings. The van der Waals surface area contributed by atoms with Crippen molar-refractivity contribution in [2.24, 2.45) is 0 Å². The minimum Gasteiger partial charge on any atom is -0.462 e. The fraction of sp³-hybridized carbons (Fsp3) is 0.509. The Morgan fingerprint density at radius 1 is 0.361 bits per heavy atom. The molecule has 0 spiro atoms. The minimum atomic E-state index is -0.830. The summed E-state index contributed by atoms with van der Waals surface area (Å²) in [5.74, 6) is -1.05. The highest BCUT2D eigenvalue weighted by atomic mass is 16.6. The maximum Gasteiger partial charge on any atom is 0.306 e. The molecule has 0 radical (unpaired) electrons. The number of carbonyl (C=O) groups is 3. The van der Waals surface area contributed by atoms with Gasteiger partial charge in [-0.25, -0.2) is 0 Å². The van der Waals surface area contributed by atoms with Crippen molar-refractivity contribution in [2.75, 3.05) is 13.2 Å². The van der Waals surface area contributed by atoms with Gasteiger partial charge in [-0.1, -0.05) is 199 Å². The third-order valence-corrected chi connectivity index (χ3v) is 9.01. The molecule has 0 aromatic heterocycles. The van der Waals surface area contributed by atoms with Crippen LogP contribution in [0.5, 0.6) is 0 Å². The summed E-state index contributed by atoms with van der Waals surface area (Å²) >= 11 is 0. The van der Waals surface area contributed by atoms with Gasteiger partial charge in [-0.15, -0.1) is 0 Å². The van der Waals surface area contributed by atoms with Crippen LogP contribution in [-0.2, 0) is 28.6 Å². The summed E-state index contributed by atoms with van der Waals surface area (Å²) in [7, 11) is 0. The van der Waals surface area contributed by atoms with Crippen LogP contribution in [0.2, 0.25) is 0 Å². The summed E-state index contributed by atoms with van der Waals surface area (Å²) in [5.41, 5.74) is 0. The van der Waals surface area contributed by atoms with Crippen LogP contribution in [0.25, 0.3) is 0 Å². The molecule has 0 rings (SSSR count). The first-order valence-electron chi connectivity index (χ1n) is 23.5. The zero-order valence-electron chi connectivity index (χ0n) is 38.4. The second-order valence-electron chi connectivity index (χ2n) is 14.8. The van der Waals surface area contributed by atoms with Gasteiger partial charge in [0, 0.05) is 19.3 Å². The van der Waals surface area contributed by atoms with Gasteiger partial charge in [-0.05, 0) is 89.9 Å². The molecule has 6 nitrogen and oxygen atoms in total. The highest BCUT2D eigenvalue weighted by Crippen LogP contribution is 2.11. The van der Waals surface area contributed by atoms with Crippen LogP contribution in [0, 0.1) is 0 Å². The van der Waals surface area contributed by atoms with E-state index in [1.807, 2.05) is 72.9 Å². The van der Waals surface area contributed by atoms with Gasteiger partial charge < -0.3 is 14.2 Å². The molecule has 0 N–H and O–H groups in total. The first-order chi connectivity index (χ1) is 30.0. The van der Waals surface area contributed by atoms with Crippen molar-refractivity contribution in [1.29, 1.82) is 0 Å². The molecular formula is C55H82O6. The predicted octanol–water partition coefficient (Wildman–Crippen LogP) is 15.3. The molecule has 0 aliphatic heterocycles. The van der Waals surface area contributed by atoms with Gasteiger partial charge in [-0.3, -0.25) is 14.4 Å². The minimum absolute atomic E-state index is 0.127. The molecule has 0 aromatic carbocycles. The highest BCUT2D eigenvalue weighted by molar-refractivity contribution is 5.71. The van der Waals surface area contributed by atoms with E-state index in [9.17, 15) is 14.4 Å². The molecule has 0 saturated heterocycles. The third-order valence-electron chi connectivity index (χ3n) is 9.01. The van der Waals surface area contributed by atoms with Crippen LogP contribution in [0.4, 0.5) is 0 Å². The van der Waals surface area contributed by atoms with Gasteiger partial charge in [0.1, 0.15) is 13.2 Å². The number of esters is 3. The topological polar surface area (TPSA) is 78.9 Å². The average molecular weight is 839 g/mol. The molecule has 0 amide bonds. The van der Waals surface area contributed by atoms with Crippen LogP contribution in [0.15, 0.2) is 146 Å². The Balaban J connectivity index is 4.58. The van der Waals surface area contributed by atoms with Crippen LogP contribution < -0.4 is 0 Å². The molecule has 0 fully saturated rings. The molecule has 0 saturated carbocycles. The Morgan fingerprint density at radius 3 is 1.25 bits per heavy atom. The van der Waals surface area contributed by atoms with Crippen molar-refractivity contribution in [1.82, 2.24) is 0 Å². The SMILES string of the molecule is CC\C=C/C=C\C=C/C=C\CCCCCC(=O)OC(COC(=O)CCCC/C=C\C/C=C\C/C=C\CC)COC(=O)CCCCCCC\C=C/C=C\C=C/C=C\C=C/CCC. The van der Waals surface area contributed by atoms with Crippen LogP contribution >= 0.6 is 0 Å². The van der Waals surface area contributed by atoms with Gasteiger partial charge in [0.15, 0.2) is 6.10 Å². The molecule has 0 aliphatic rings. The van der Waals surface area contributed by atoms with E-state index in [4.69, 9.17) is 14.2 Å². The molecule has 338 valence electrons. The number of hydrogen-bond donors (Lipinski definition) is 0. The average Bonchev–Trinajstić information content (AvgIpc) is 3.26. The van der Waals surface area contributed by atoms with E-state index in [0.29, 0.717) is 19.3 Å². The summed E-state index contributed by atoms with van der Waals surface area (Å²) in [6, 6.07) is 0. The lowest BCUT2D eigenvalue weighted by Gasteiger charge is -2.18. The maximum atomic E-state index is 12.7. The highest BCUT2D eigenvalue weighted by Gasteiger charge is 2.19. The standard InChI is InChI=1S/C55H82O6/c1-4-7-10-13-16-19-22-25-26-27-28-29-31-33-36-39-42-45-48-54(57)60-51-52(50-59-53(56)47-44-41-38-35-32-24-21-18-15-12-9-6-3)61-55(58)49-46-43-40-37-34-30-23-20-17-14-11-8-5-2/h8-14,16-23,25-30,32,34-35,52H,4-7,15,24,31,33,36-51H2,1-3H3/b11-8-,12-9-,13-10-,17-14-,19-16-,21-18-,23-20-,25-22-,27-26-,29-28-,34-30-,35-32-. The zero-order chi connectivity index (χ0) is 44.4. The van der Waals surface area contributed by atoms with Gasteiger partial charge in [-0.2, -0.15) is 0 Å². The van der Waals surface area contributed by atoms with Gasteiger partial charge in [0.2, 0.25) is 0 Å². The second-order valence-corrected chi connectivity index (χ2v) is 14.8. The van der Waals surface area contributed by atoms with Crippen LogP contribution in [0.3, 0.4) is 0 Å². The smallest absolute Gasteiger partial charge is 0.306 e. The van der Waals surface area contributed by atoms with Crippen molar-refractivity contribution >= 4 is 17.9 Å². The molecule has 0 aliphatic carbocycles. The van der Waals surface area contributed by atoms with E-state index in [0.717, 1.165) is 103 Å². The molecular weight excluding hydrogens is 757 g/mol. The zero-order valence-corrected chi connectivity index (χ0v) is 38.4. The number of ether oxygens (including phenoxy) is 3. The Hall–Kier alpha value is -4.71. The van der Waals surface area contributed by atoms with Crippen molar-refractivity contribution in [3.05, 3.63) is 146 Å².